The number of halogens is 3. The van der Waals surface area contributed by atoms with Crippen LogP contribution in [0.15, 0.2) is 48.5 Å². The lowest BCUT2D eigenvalue weighted by Gasteiger charge is -2.14. The number of carbonyl (C=O) groups excluding carboxylic acids is 3. The Labute approximate surface area is 164 Å². The topological polar surface area (TPSA) is 81.7 Å². The molecule has 29 heavy (non-hydrogen) atoms. The van der Waals surface area contributed by atoms with E-state index in [-0.39, 0.29) is 11.5 Å². The Morgan fingerprint density at radius 1 is 1.07 bits per heavy atom. The lowest BCUT2D eigenvalue weighted by molar-refractivity contribution is -0.155. The second-order valence-electron chi connectivity index (χ2n) is 6.07. The molecule has 0 aromatic heterocycles. The van der Waals surface area contributed by atoms with Crippen LogP contribution in [0.2, 0.25) is 0 Å². The summed E-state index contributed by atoms with van der Waals surface area (Å²) >= 11 is 0. The van der Waals surface area contributed by atoms with Crippen molar-refractivity contribution in [3.8, 4) is 5.75 Å². The Balaban J connectivity index is 1.85. The second kappa shape index (κ2) is 9.22. The van der Waals surface area contributed by atoms with Crippen LogP contribution >= 0.6 is 0 Å². The number of alkyl halides is 3. The predicted octanol–water partition coefficient (Wildman–Crippen LogP) is 3.86. The molecule has 0 bridgehead atoms. The average molecular weight is 409 g/mol. The maximum atomic E-state index is 12.7. The van der Waals surface area contributed by atoms with Gasteiger partial charge in [0.1, 0.15) is 5.75 Å². The molecule has 2 rings (SSSR count). The van der Waals surface area contributed by atoms with Gasteiger partial charge in [-0.2, -0.15) is 13.2 Å². The number of esters is 1. The zero-order chi connectivity index (χ0) is 21.6. The summed E-state index contributed by atoms with van der Waals surface area (Å²) in [7, 11) is 0. The first kappa shape index (κ1) is 21.9. The number of amides is 1. The molecular weight excluding hydrogens is 391 g/mol. The van der Waals surface area contributed by atoms with E-state index in [0.717, 1.165) is 18.2 Å². The number of ether oxygens (including phenoxy) is 2. The highest BCUT2D eigenvalue weighted by atomic mass is 19.4. The number of ketones is 1. The SMILES string of the molecule is CC(=O)c1ccc(NC(=O)[C@H](C)OC(=O)COc2cccc(C(F)(F)F)c2)cc1. The minimum Gasteiger partial charge on any atom is -0.482 e. The third-order valence-corrected chi connectivity index (χ3v) is 3.75. The van der Waals surface area contributed by atoms with Crippen molar-refractivity contribution < 1.29 is 37.0 Å². The van der Waals surface area contributed by atoms with Gasteiger partial charge in [0.25, 0.3) is 5.91 Å². The molecule has 0 saturated heterocycles. The minimum atomic E-state index is -4.53. The van der Waals surface area contributed by atoms with Crippen molar-refractivity contribution in [1.29, 1.82) is 0 Å². The fraction of sp³-hybridized carbons (Fsp3) is 0.250. The maximum Gasteiger partial charge on any atom is 0.416 e. The molecule has 0 heterocycles. The third-order valence-electron chi connectivity index (χ3n) is 3.75. The van der Waals surface area contributed by atoms with Crippen LogP contribution in [0.4, 0.5) is 18.9 Å². The predicted molar refractivity (Wildman–Crippen MR) is 97.6 cm³/mol. The molecule has 0 aliphatic heterocycles. The largest absolute Gasteiger partial charge is 0.482 e. The van der Waals surface area contributed by atoms with Gasteiger partial charge in [0.05, 0.1) is 5.56 Å². The number of hydrogen-bond acceptors (Lipinski definition) is 5. The molecule has 1 atom stereocenters. The Bertz CT molecular complexity index is 894. The number of nitrogens with one attached hydrogen (secondary N) is 1. The molecule has 6 nitrogen and oxygen atoms in total. The highest BCUT2D eigenvalue weighted by molar-refractivity contribution is 5.97. The van der Waals surface area contributed by atoms with Crippen molar-refractivity contribution >= 4 is 23.3 Å². The summed E-state index contributed by atoms with van der Waals surface area (Å²) in [5, 5.41) is 2.52. The van der Waals surface area contributed by atoms with E-state index < -0.39 is 36.3 Å². The van der Waals surface area contributed by atoms with Gasteiger partial charge < -0.3 is 14.8 Å². The van der Waals surface area contributed by atoms with Gasteiger partial charge in [-0.1, -0.05) is 6.07 Å². The quantitative estimate of drug-likeness (QED) is 0.555. The fourth-order valence-electron chi connectivity index (χ4n) is 2.22. The summed E-state index contributed by atoms with van der Waals surface area (Å²) in [4.78, 5) is 35.1. The van der Waals surface area contributed by atoms with Crippen LogP contribution in [0.25, 0.3) is 0 Å². The molecule has 0 unspecified atom stereocenters. The number of hydrogen-bond donors (Lipinski definition) is 1. The summed E-state index contributed by atoms with van der Waals surface area (Å²) in [6.45, 7) is 2.09. The minimum absolute atomic E-state index is 0.119. The molecule has 0 aliphatic rings. The van der Waals surface area contributed by atoms with Crippen molar-refractivity contribution in [2.75, 3.05) is 11.9 Å². The standard InChI is InChI=1S/C20H18F3NO5/c1-12(25)14-6-8-16(9-7-14)24-19(27)13(2)29-18(26)11-28-17-5-3-4-15(10-17)20(21,22)23/h3-10,13H,11H2,1-2H3,(H,24,27)/t13-/m0/s1. The van der Waals surface area contributed by atoms with Crippen LogP contribution in [0, 0.1) is 0 Å². The monoisotopic (exact) mass is 409 g/mol. The van der Waals surface area contributed by atoms with Gasteiger partial charge in [0.15, 0.2) is 18.5 Å². The maximum absolute atomic E-state index is 12.7. The summed E-state index contributed by atoms with van der Waals surface area (Å²) in [6, 6.07) is 10.2. The first-order valence-electron chi connectivity index (χ1n) is 8.47. The number of rotatable bonds is 7. The van der Waals surface area contributed by atoms with Crippen molar-refractivity contribution in [2.24, 2.45) is 0 Å². The van der Waals surface area contributed by atoms with E-state index in [1.807, 2.05) is 0 Å². The molecule has 0 aliphatic carbocycles. The van der Waals surface area contributed by atoms with Crippen LogP contribution in [0.3, 0.4) is 0 Å². The molecule has 1 amide bonds. The highest BCUT2D eigenvalue weighted by Gasteiger charge is 2.30. The van der Waals surface area contributed by atoms with E-state index in [0.29, 0.717) is 11.3 Å². The zero-order valence-electron chi connectivity index (χ0n) is 15.6. The molecule has 2 aromatic rings. The van der Waals surface area contributed by atoms with E-state index in [9.17, 15) is 27.6 Å². The number of anilines is 1. The van der Waals surface area contributed by atoms with Gasteiger partial charge in [-0.25, -0.2) is 4.79 Å². The average Bonchev–Trinajstić information content (AvgIpc) is 2.66. The Hall–Kier alpha value is -3.36. The smallest absolute Gasteiger partial charge is 0.416 e. The number of Topliss-reactive ketones (excluding diaryl/α,β-unsaturated/α-hetero) is 1. The molecule has 1 N–H and O–H groups in total. The normalized spacial score (nSPS) is 12.0. The third kappa shape index (κ3) is 6.63. The van der Waals surface area contributed by atoms with E-state index in [1.54, 1.807) is 0 Å². The fourth-order valence-corrected chi connectivity index (χ4v) is 2.22. The lowest BCUT2D eigenvalue weighted by atomic mass is 10.1. The first-order chi connectivity index (χ1) is 13.6. The first-order valence-corrected chi connectivity index (χ1v) is 8.47. The van der Waals surface area contributed by atoms with Crippen molar-refractivity contribution in [1.82, 2.24) is 0 Å². The molecular formula is C20H18F3NO5. The number of benzene rings is 2. The molecule has 0 saturated carbocycles. The van der Waals surface area contributed by atoms with Crippen LogP contribution in [-0.2, 0) is 20.5 Å². The Morgan fingerprint density at radius 2 is 1.72 bits per heavy atom. The van der Waals surface area contributed by atoms with Gasteiger partial charge in [0, 0.05) is 11.3 Å². The molecule has 2 aromatic carbocycles. The van der Waals surface area contributed by atoms with Gasteiger partial charge in [-0.15, -0.1) is 0 Å². The van der Waals surface area contributed by atoms with Crippen molar-refractivity contribution in [3.63, 3.8) is 0 Å². The van der Waals surface area contributed by atoms with Crippen molar-refractivity contribution in [3.05, 3.63) is 59.7 Å². The molecule has 154 valence electrons. The summed E-state index contributed by atoms with van der Waals surface area (Å²) in [6.07, 6.45) is -5.70. The molecule has 0 radical (unpaired) electrons. The van der Waals surface area contributed by atoms with E-state index in [2.05, 4.69) is 5.32 Å². The van der Waals surface area contributed by atoms with E-state index >= 15 is 0 Å². The summed E-state index contributed by atoms with van der Waals surface area (Å²) < 4.78 is 47.9. The second-order valence-corrected chi connectivity index (χ2v) is 6.07. The lowest BCUT2D eigenvalue weighted by Crippen LogP contribution is -2.31. The summed E-state index contributed by atoms with van der Waals surface area (Å²) in [5.41, 5.74) is -0.0239. The van der Waals surface area contributed by atoms with Crippen molar-refractivity contribution in [2.45, 2.75) is 26.1 Å². The van der Waals surface area contributed by atoms with Gasteiger partial charge in [-0.05, 0) is 56.3 Å². The van der Waals surface area contributed by atoms with E-state index in [1.165, 1.54) is 44.2 Å². The molecule has 0 spiro atoms. The molecule has 0 fully saturated rings. The van der Waals surface area contributed by atoms with Crippen LogP contribution in [-0.4, -0.2) is 30.4 Å². The van der Waals surface area contributed by atoms with Crippen LogP contribution in [0.5, 0.6) is 5.75 Å². The van der Waals surface area contributed by atoms with Crippen LogP contribution in [0.1, 0.15) is 29.8 Å². The number of carbonyl (C=O) groups is 3. The Morgan fingerprint density at radius 3 is 2.31 bits per heavy atom. The zero-order valence-corrected chi connectivity index (χ0v) is 15.6. The van der Waals surface area contributed by atoms with Gasteiger partial charge in [0.2, 0.25) is 0 Å². The van der Waals surface area contributed by atoms with Crippen LogP contribution < -0.4 is 10.1 Å². The molecule has 9 heteroatoms. The highest BCUT2D eigenvalue weighted by Crippen LogP contribution is 2.31. The van der Waals surface area contributed by atoms with Gasteiger partial charge in [-0.3, -0.25) is 9.59 Å². The van der Waals surface area contributed by atoms with E-state index in [4.69, 9.17) is 9.47 Å². The summed E-state index contributed by atoms with van der Waals surface area (Å²) in [5.74, 6) is -1.81. The Kier molecular flexibility index (Phi) is 6.98. The van der Waals surface area contributed by atoms with Gasteiger partial charge >= 0.3 is 12.1 Å².